The standard InChI is InChI=1S/C18H24O2/c1-11-5-7-17(9-13(11)3)15(19)18(16(17)20)8-6-12(2)14(4)10-18/h5-10H2,1-4H3. The Morgan fingerprint density at radius 1 is 0.650 bits per heavy atom. The van der Waals surface area contributed by atoms with E-state index in [0.29, 0.717) is 12.8 Å². The Bertz CT molecular complexity index is 510. The summed E-state index contributed by atoms with van der Waals surface area (Å²) in [5.41, 5.74) is 3.96. The van der Waals surface area contributed by atoms with Gasteiger partial charge in [0.1, 0.15) is 0 Å². The van der Waals surface area contributed by atoms with Crippen molar-refractivity contribution in [2.45, 2.75) is 66.2 Å². The van der Waals surface area contributed by atoms with Crippen LogP contribution in [-0.2, 0) is 9.59 Å². The van der Waals surface area contributed by atoms with E-state index in [4.69, 9.17) is 0 Å². The van der Waals surface area contributed by atoms with Gasteiger partial charge >= 0.3 is 0 Å². The summed E-state index contributed by atoms with van der Waals surface area (Å²) in [4.78, 5) is 25.9. The molecule has 0 unspecified atom stereocenters. The van der Waals surface area contributed by atoms with Gasteiger partial charge in [0.15, 0.2) is 11.6 Å². The second kappa shape index (κ2) is 4.16. The zero-order valence-corrected chi connectivity index (χ0v) is 13.1. The van der Waals surface area contributed by atoms with Gasteiger partial charge in [-0.2, -0.15) is 0 Å². The lowest BCUT2D eigenvalue weighted by atomic mass is 9.42. The first-order valence-electron chi connectivity index (χ1n) is 7.74. The average Bonchev–Trinajstić information content (AvgIpc) is 2.44. The van der Waals surface area contributed by atoms with Gasteiger partial charge in [-0.1, -0.05) is 22.3 Å². The van der Waals surface area contributed by atoms with Gasteiger partial charge in [0.2, 0.25) is 0 Å². The molecule has 0 N–H and O–H groups in total. The first-order chi connectivity index (χ1) is 9.33. The lowest BCUT2D eigenvalue weighted by Gasteiger charge is -2.55. The van der Waals surface area contributed by atoms with E-state index in [9.17, 15) is 9.59 Å². The molecule has 108 valence electrons. The maximum absolute atomic E-state index is 13.0. The Morgan fingerprint density at radius 2 is 1.00 bits per heavy atom. The van der Waals surface area contributed by atoms with Crippen LogP contribution in [0.5, 0.6) is 0 Å². The normalized spacial score (nSPS) is 38.0. The summed E-state index contributed by atoms with van der Waals surface area (Å²) in [6.07, 6.45) is 4.68. The maximum Gasteiger partial charge on any atom is 0.160 e. The Morgan fingerprint density at radius 3 is 1.30 bits per heavy atom. The monoisotopic (exact) mass is 272 g/mol. The Labute approximate surface area is 121 Å². The highest BCUT2D eigenvalue weighted by molar-refractivity contribution is 6.31. The fourth-order valence-corrected chi connectivity index (χ4v) is 4.45. The lowest BCUT2D eigenvalue weighted by Crippen LogP contribution is -2.67. The number of ketones is 2. The van der Waals surface area contributed by atoms with E-state index in [1.807, 2.05) is 0 Å². The van der Waals surface area contributed by atoms with Crippen LogP contribution in [0, 0.1) is 10.8 Å². The molecule has 1 fully saturated rings. The van der Waals surface area contributed by atoms with Crippen LogP contribution in [0.2, 0.25) is 0 Å². The van der Waals surface area contributed by atoms with Crippen molar-refractivity contribution in [3.63, 3.8) is 0 Å². The second-order valence-electron chi connectivity index (χ2n) is 7.30. The van der Waals surface area contributed by atoms with Crippen molar-refractivity contribution in [3.05, 3.63) is 22.3 Å². The van der Waals surface area contributed by atoms with Crippen LogP contribution in [-0.4, -0.2) is 11.6 Å². The molecule has 2 spiro atoms. The van der Waals surface area contributed by atoms with Crippen molar-refractivity contribution >= 4 is 11.6 Å². The van der Waals surface area contributed by atoms with Crippen LogP contribution in [0.25, 0.3) is 0 Å². The first-order valence-corrected chi connectivity index (χ1v) is 7.74. The smallest absolute Gasteiger partial charge is 0.160 e. The Balaban J connectivity index is 1.92. The summed E-state index contributed by atoms with van der Waals surface area (Å²) in [7, 11) is 0. The van der Waals surface area contributed by atoms with Crippen LogP contribution < -0.4 is 0 Å². The van der Waals surface area contributed by atoms with Crippen molar-refractivity contribution in [1.29, 1.82) is 0 Å². The van der Waals surface area contributed by atoms with E-state index in [2.05, 4.69) is 27.7 Å². The molecule has 0 aliphatic heterocycles. The molecule has 0 saturated heterocycles. The molecule has 1 saturated carbocycles. The third kappa shape index (κ3) is 1.51. The summed E-state index contributed by atoms with van der Waals surface area (Å²) < 4.78 is 0. The van der Waals surface area contributed by atoms with Crippen LogP contribution >= 0.6 is 0 Å². The number of Topliss-reactive ketones (excluding diaryl/α,β-unsaturated/α-hetero) is 2. The van der Waals surface area contributed by atoms with Gasteiger partial charge in [-0.3, -0.25) is 9.59 Å². The van der Waals surface area contributed by atoms with E-state index < -0.39 is 10.8 Å². The maximum atomic E-state index is 13.0. The quantitative estimate of drug-likeness (QED) is 0.490. The minimum atomic E-state index is -0.644. The number of rotatable bonds is 0. The summed E-state index contributed by atoms with van der Waals surface area (Å²) in [6.45, 7) is 8.42. The topological polar surface area (TPSA) is 34.1 Å². The molecule has 0 bridgehead atoms. The summed E-state index contributed by atoms with van der Waals surface area (Å²) in [5.74, 6) is 0.516. The minimum Gasteiger partial charge on any atom is -0.297 e. The van der Waals surface area contributed by atoms with E-state index in [1.165, 1.54) is 22.3 Å². The van der Waals surface area contributed by atoms with E-state index >= 15 is 0 Å². The molecule has 3 rings (SSSR count). The molecule has 3 aliphatic rings. The van der Waals surface area contributed by atoms with E-state index in [1.54, 1.807) is 0 Å². The molecule has 0 atom stereocenters. The van der Waals surface area contributed by atoms with E-state index in [-0.39, 0.29) is 11.6 Å². The van der Waals surface area contributed by atoms with Gasteiger partial charge in [0, 0.05) is 0 Å². The molecule has 0 aromatic carbocycles. The Kier molecular flexibility index (Phi) is 2.87. The number of carbonyl (C=O) groups is 2. The van der Waals surface area contributed by atoms with Crippen molar-refractivity contribution in [2.75, 3.05) is 0 Å². The van der Waals surface area contributed by atoms with Gasteiger partial charge in [-0.25, -0.2) is 0 Å². The Hall–Kier alpha value is -1.18. The highest BCUT2D eigenvalue weighted by Gasteiger charge is 2.70. The van der Waals surface area contributed by atoms with Gasteiger partial charge in [0.25, 0.3) is 0 Å². The molecule has 2 nitrogen and oxygen atoms in total. The van der Waals surface area contributed by atoms with Crippen molar-refractivity contribution in [2.24, 2.45) is 10.8 Å². The summed E-state index contributed by atoms with van der Waals surface area (Å²) in [6, 6.07) is 0. The number of carbonyl (C=O) groups excluding carboxylic acids is 2. The fourth-order valence-electron chi connectivity index (χ4n) is 4.45. The highest BCUT2D eigenvalue weighted by Crippen LogP contribution is 2.61. The first kappa shape index (κ1) is 13.8. The molecule has 2 heteroatoms. The van der Waals surface area contributed by atoms with Crippen molar-refractivity contribution < 1.29 is 9.59 Å². The molecule has 20 heavy (non-hydrogen) atoms. The number of hydrogen-bond acceptors (Lipinski definition) is 2. The molecule has 0 aromatic heterocycles. The van der Waals surface area contributed by atoms with Crippen LogP contribution in [0.15, 0.2) is 22.3 Å². The predicted octanol–water partition coefficient (Wildman–Crippen LogP) is 4.15. The number of hydrogen-bond donors (Lipinski definition) is 0. The summed E-state index contributed by atoms with van der Waals surface area (Å²) in [5, 5.41) is 0. The molecule has 0 radical (unpaired) electrons. The van der Waals surface area contributed by atoms with Crippen molar-refractivity contribution in [3.8, 4) is 0 Å². The second-order valence-corrected chi connectivity index (χ2v) is 7.30. The lowest BCUT2D eigenvalue weighted by molar-refractivity contribution is -0.173. The zero-order chi connectivity index (χ0) is 14.7. The van der Waals surface area contributed by atoms with Gasteiger partial charge in [0.05, 0.1) is 10.8 Å². The van der Waals surface area contributed by atoms with Crippen molar-refractivity contribution in [1.82, 2.24) is 0 Å². The molecule has 3 aliphatic carbocycles. The molecular weight excluding hydrogens is 248 g/mol. The van der Waals surface area contributed by atoms with Crippen LogP contribution in [0.3, 0.4) is 0 Å². The van der Waals surface area contributed by atoms with Gasteiger partial charge in [-0.15, -0.1) is 0 Å². The largest absolute Gasteiger partial charge is 0.297 e. The fraction of sp³-hybridized carbons (Fsp3) is 0.667. The average molecular weight is 272 g/mol. The third-order valence-electron chi connectivity index (χ3n) is 6.18. The van der Waals surface area contributed by atoms with Gasteiger partial charge in [-0.05, 0) is 66.2 Å². The molecular formula is C18H24O2. The highest BCUT2D eigenvalue weighted by atomic mass is 16.2. The van der Waals surface area contributed by atoms with Crippen LogP contribution in [0.4, 0.5) is 0 Å². The molecule has 0 aromatic rings. The third-order valence-corrected chi connectivity index (χ3v) is 6.18. The number of allylic oxidation sites excluding steroid dienone is 4. The summed E-state index contributed by atoms with van der Waals surface area (Å²) >= 11 is 0. The van der Waals surface area contributed by atoms with Crippen LogP contribution in [0.1, 0.15) is 66.2 Å². The molecule has 0 amide bonds. The zero-order valence-electron chi connectivity index (χ0n) is 13.1. The minimum absolute atomic E-state index is 0.258. The molecule has 0 heterocycles. The predicted molar refractivity (Wildman–Crippen MR) is 79.3 cm³/mol. The van der Waals surface area contributed by atoms with E-state index in [0.717, 1.165) is 25.7 Å². The SMILES string of the molecule is CC1=C(C)CC2(CC1)C(=O)C1(CCC(C)=C(C)C1)C2=O. The van der Waals surface area contributed by atoms with Gasteiger partial charge < -0.3 is 0 Å².